The van der Waals surface area contributed by atoms with Crippen LogP contribution in [0.25, 0.3) is 0 Å². The molecule has 0 rings (SSSR count). The van der Waals surface area contributed by atoms with E-state index in [9.17, 15) is 0 Å². The van der Waals surface area contributed by atoms with Gasteiger partial charge in [-0.15, -0.1) is 0 Å². The van der Waals surface area contributed by atoms with Crippen LogP contribution in [0.1, 0.15) is 0 Å². The number of hydrazine groups is 1. The number of guanidine groups is 1. The molecule has 0 saturated heterocycles. The largest absolute Gasteiger partial charge is 0.370 e. The predicted octanol–water partition coefficient (Wildman–Crippen LogP) is -1.91. The summed E-state index contributed by atoms with van der Waals surface area (Å²) in [6.45, 7) is 0. The van der Waals surface area contributed by atoms with Crippen molar-refractivity contribution in [2.45, 2.75) is 0 Å². The van der Waals surface area contributed by atoms with Crippen molar-refractivity contribution in [1.29, 1.82) is 10.7 Å². The molecule has 0 saturated carbocycles. The summed E-state index contributed by atoms with van der Waals surface area (Å²) in [6.07, 6.45) is 1.12. The predicted molar refractivity (Wildman–Crippen MR) is 31.8 cm³/mol. The van der Waals surface area contributed by atoms with Gasteiger partial charge in [-0.3, -0.25) is 5.41 Å². The Morgan fingerprint density at radius 2 is 2.10 bits per heavy atom. The molecule has 0 aromatic carbocycles. The highest BCUT2D eigenvalue weighted by Crippen LogP contribution is 1.46. The van der Waals surface area contributed by atoms with Crippen LogP contribution in [0.4, 0.5) is 0 Å². The Balaban J connectivity index is 0. The number of nitrogens with two attached hydrogens (primary N) is 2. The third-order valence-electron chi connectivity index (χ3n) is 0.141. The minimum absolute atomic E-state index is 0.333. The number of rotatable bonds is 1. The van der Waals surface area contributed by atoms with E-state index in [1.807, 2.05) is 0 Å². The van der Waals surface area contributed by atoms with Gasteiger partial charge >= 0.3 is 0 Å². The van der Waals surface area contributed by atoms with Gasteiger partial charge in [-0.2, -0.15) is 5.26 Å². The van der Waals surface area contributed by atoms with Gasteiger partial charge in [0, 0.05) is 0 Å². The fraction of sp³-hybridized carbons (Fsp3) is 0. The second-order valence-electron chi connectivity index (χ2n) is 0.936. The van der Waals surface area contributed by atoms with Gasteiger partial charge in [-0.25, -0.2) is 10.1 Å². The molecule has 0 unspecified atom stereocenters. The van der Waals surface area contributed by atoms with E-state index in [1.165, 1.54) is 5.43 Å². The summed E-state index contributed by atoms with van der Waals surface area (Å²) < 4.78 is 0. The lowest BCUT2D eigenvalue weighted by Gasteiger charge is -1.73. The Bertz CT molecular complexity index is 154. The Kier molecular flexibility index (Phi) is 7.56. The van der Waals surface area contributed by atoms with Crippen molar-refractivity contribution < 1.29 is 5.03 Å². The van der Waals surface area contributed by atoms with Crippen LogP contribution in [0.2, 0.25) is 0 Å². The minimum atomic E-state index is -0.931. The number of nitrogens with zero attached hydrogens (tertiary/aromatic N) is 2. The van der Waals surface area contributed by atoms with Gasteiger partial charge in [-0.1, -0.05) is 0 Å². The van der Waals surface area contributed by atoms with Gasteiger partial charge in [0.1, 0.15) is 0 Å². The van der Waals surface area contributed by atoms with Crippen LogP contribution in [0, 0.1) is 27.0 Å². The van der Waals surface area contributed by atoms with Crippen LogP contribution in [0.15, 0.2) is 0 Å². The lowest BCUT2D eigenvalue weighted by atomic mass is 11.1. The number of hydrogen-bond donors (Lipinski definition) is 4. The van der Waals surface area contributed by atoms with Gasteiger partial charge in [-0.05, 0) is 5.43 Å². The zero-order valence-electron chi connectivity index (χ0n) is 4.87. The summed E-state index contributed by atoms with van der Waals surface area (Å²) in [6, 6.07) is 0. The van der Waals surface area contributed by atoms with E-state index in [4.69, 9.17) is 20.8 Å². The van der Waals surface area contributed by atoms with Gasteiger partial charge in [0.05, 0.1) is 0 Å². The van der Waals surface area contributed by atoms with Crippen molar-refractivity contribution in [3.63, 3.8) is 0 Å². The zero-order valence-corrected chi connectivity index (χ0v) is 4.87. The van der Waals surface area contributed by atoms with Crippen LogP contribution < -0.4 is 16.9 Å². The molecule has 10 heavy (non-hydrogen) atoms. The van der Waals surface area contributed by atoms with E-state index >= 15 is 0 Å². The van der Waals surface area contributed by atoms with Crippen molar-refractivity contribution in [2.24, 2.45) is 11.5 Å². The van der Waals surface area contributed by atoms with Crippen LogP contribution in [0.3, 0.4) is 0 Å². The van der Waals surface area contributed by atoms with Crippen molar-refractivity contribution in [1.82, 2.24) is 5.43 Å². The summed E-state index contributed by atoms with van der Waals surface area (Å²) in [5.41, 5.74) is 10.2. The third kappa shape index (κ3) is 159. The average molecular weight is 146 g/mol. The van der Waals surface area contributed by atoms with Crippen LogP contribution >= 0.6 is 0 Å². The van der Waals surface area contributed by atoms with Crippen molar-refractivity contribution in [2.75, 3.05) is 0 Å². The Morgan fingerprint density at radius 1 is 1.80 bits per heavy atom. The lowest BCUT2D eigenvalue weighted by Crippen LogP contribution is -2.20. The average Bonchev–Trinajstić information content (AvgIpc) is 1.62. The maximum Gasteiger partial charge on any atom is 0.241 e. The number of nitriles is 1. The molecule has 8 heteroatoms. The van der Waals surface area contributed by atoms with Crippen molar-refractivity contribution in [3.8, 4) is 6.19 Å². The van der Waals surface area contributed by atoms with E-state index in [0.29, 0.717) is 0 Å². The molecule has 6 N–H and O–H groups in total. The molecule has 0 bridgehead atoms. The highest BCUT2D eigenvalue weighted by Gasteiger charge is 1.80. The quantitative estimate of drug-likeness (QED) is 0.0844. The highest BCUT2D eigenvalue weighted by atomic mass is 16.7. The third-order valence-corrected chi connectivity index (χ3v) is 0.141. The van der Waals surface area contributed by atoms with E-state index in [0.717, 1.165) is 6.19 Å². The normalized spacial score (nSPS) is 5.90. The highest BCUT2D eigenvalue weighted by molar-refractivity contribution is 5.71. The summed E-state index contributed by atoms with van der Waals surface area (Å²) >= 11 is 0. The topological polar surface area (TPSA) is 155 Å². The molecule has 0 spiro atoms. The molecular formula is C2H6N6O2. The second kappa shape index (κ2) is 6.96. The standard InChI is InChI=1S/CHN3O2.CH5N3/c2-1-3-4(5)6;2-1(3)4/h3H;(H5,2,3,4). The van der Waals surface area contributed by atoms with Crippen LogP contribution in [0.5, 0.6) is 0 Å². The molecular weight excluding hydrogens is 140 g/mol. The molecule has 0 heterocycles. The summed E-state index contributed by atoms with van der Waals surface area (Å²) in [7, 11) is 0. The fourth-order valence-corrected chi connectivity index (χ4v) is 0.0408. The SMILES string of the molecule is N#CN[N+](=O)[O-].N=C(N)N. The van der Waals surface area contributed by atoms with Crippen LogP contribution in [-0.2, 0) is 0 Å². The van der Waals surface area contributed by atoms with Gasteiger partial charge in [0.15, 0.2) is 11.0 Å². The molecule has 56 valence electrons. The lowest BCUT2D eigenvalue weighted by molar-refractivity contribution is -0.529. The molecule has 0 aliphatic carbocycles. The van der Waals surface area contributed by atoms with E-state index < -0.39 is 5.03 Å². The maximum absolute atomic E-state index is 9.07. The van der Waals surface area contributed by atoms with Gasteiger partial charge < -0.3 is 11.5 Å². The van der Waals surface area contributed by atoms with Gasteiger partial charge in [0.2, 0.25) is 6.19 Å². The fourth-order valence-electron chi connectivity index (χ4n) is 0.0408. The molecule has 8 nitrogen and oxygen atoms in total. The Hall–Kier alpha value is -2.04. The molecule has 0 fully saturated rings. The first-order valence-corrected chi connectivity index (χ1v) is 1.89. The smallest absolute Gasteiger partial charge is 0.241 e. The first-order chi connectivity index (χ1) is 4.50. The Morgan fingerprint density at radius 3 is 2.10 bits per heavy atom. The molecule has 0 aliphatic heterocycles. The van der Waals surface area contributed by atoms with E-state index in [2.05, 4.69) is 11.5 Å². The second-order valence-corrected chi connectivity index (χ2v) is 0.936. The molecule has 0 aromatic rings. The molecule has 0 atom stereocenters. The van der Waals surface area contributed by atoms with Crippen LogP contribution in [-0.4, -0.2) is 11.0 Å². The first-order valence-electron chi connectivity index (χ1n) is 1.89. The summed E-state index contributed by atoms with van der Waals surface area (Å²) in [5, 5.41) is 21.6. The molecule has 0 amide bonds. The first kappa shape index (κ1) is 10.9. The number of hydrogen-bond acceptors (Lipinski definition) is 4. The molecule has 0 radical (unpaired) electrons. The number of nitro groups is 1. The van der Waals surface area contributed by atoms with Crippen molar-refractivity contribution >= 4 is 5.96 Å². The molecule has 0 aromatic heterocycles. The van der Waals surface area contributed by atoms with E-state index in [-0.39, 0.29) is 5.96 Å². The Labute approximate surface area is 56.0 Å². The van der Waals surface area contributed by atoms with Crippen molar-refractivity contribution in [3.05, 3.63) is 10.1 Å². The summed E-state index contributed by atoms with van der Waals surface area (Å²) in [5.74, 6) is -0.333. The van der Waals surface area contributed by atoms with E-state index in [1.54, 1.807) is 0 Å². The monoisotopic (exact) mass is 146 g/mol. The maximum atomic E-state index is 9.07. The molecule has 0 aliphatic rings. The minimum Gasteiger partial charge on any atom is -0.370 e. The summed E-state index contributed by atoms with van der Waals surface area (Å²) in [4.78, 5) is 9.07. The zero-order chi connectivity index (χ0) is 8.57. The van der Waals surface area contributed by atoms with Gasteiger partial charge in [0.25, 0.3) is 0 Å². The number of nitrogens with one attached hydrogen (secondary N) is 2.